The third kappa shape index (κ3) is 3.64. The smallest absolute Gasteiger partial charge is 0.131 e. The highest BCUT2D eigenvalue weighted by atomic mass is 35.5. The number of hydrogen-bond acceptors (Lipinski definition) is 2. The molecule has 0 aliphatic heterocycles. The maximum Gasteiger partial charge on any atom is 0.131 e. The molecule has 1 atom stereocenters. The maximum atomic E-state index is 5.75. The summed E-state index contributed by atoms with van der Waals surface area (Å²) in [6.45, 7) is 4.32. The van der Waals surface area contributed by atoms with Crippen molar-refractivity contribution in [3.8, 4) is 0 Å². The zero-order valence-electron chi connectivity index (χ0n) is 8.05. The van der Waals surface area contributed by atoms with Crippen molar-refractivity contribution in [2.75, 3.05) is 5.32 Å². The number of aromatic nitrogens is 1. The first-order chi connectivity index (χ1) is 6.22. The minimum Gasteiger partial charge on any atom is -0.368 e. The Morgan fingerprint density at radius 3 is 2.92 bits per heavy atom. The second-order valence-corrected chi connectivity index (χ2v) is 3.57. The molecule has 0 aliphatic carbocycles. The highest BCUT2D eigenvalue weighted by Crippen LogP contribution is 2.11. The van der Waals surface area contributed by atoms with Crippen LogP contribution in [0.5, 0.6) is 0 Å². The summed E-state index contributed by atoms with van der Waals surface area (Å²) in [6, 6.07) is 6.06. The summed E-state index contributed by atoms with van der Waals surface area (Å²) in [5.41, 5.74) is 0. The van der Waals surface area contributed by atoms with Gasteiger partial charge < -0.3 is 5.32 Å². The molecule has 0 aliphatic rings. The molecule has 0 aromatic carbocycles. The SMILES string of the molecule is CCCC(C)Nc1cccc(Cl)n1. The van der Waals surface area contributed by atoms with Crippen LogP contribution >= 0.6 is 11.6 Å². The Hall–Kier alpha value is -0.760. The lowest BCUT2D eigenvalue weighted by molar-refractivity contribution is 0.687. The van der Waals surface area contributed by atoms with E-state index in [9.17, 15) is 0 Å². The van der Waals surface area contributed by atoms with Crippen LogP contribution in [0.25, 0.3) is 0 Å². The van der Waals surface area contributed by atoms with Gasteiger partial charge in [0.15, 0.2) is 0 Å². The van der Waals surface area contributed by atoms with E-state index in [1.807, 2.05) is 12.1 Å². The van der Waals surface area contributed by atoms with Gasteiger partial charge in [-0.2, -0.15) is 0 Å². The molecule has 2 nitrogen and oxygen atoms in total. The number of hydrogen-bond donors (Lipinski definition) is 1. The molecule has 0 spiro atoms. The van der Waals surface area contributed by atoms with E-state index in [4.69, 9.17) is 11.6 Å². The summed E-state index contributed by atoms with van der Waals surface area (Å²) in [6.07, 6.45) is 2.32. The van der Waals surface area contributed by atoms with Crippen LogP contribution in [0.15, 0.2) is 18.2 Å². The van der Waals surface area contributed by atoms with E-state index < -0.39 is 0 Å². The molecule has 1 aromatic rings. The normalized spacial score (nSPS) is 12.5. The Morgan fingerprint density at radius 2 is 2.31 bits per heavy atom. The maximum absolute atomic E-state index is 5.75. The first-order valence-electron chi connectivity index (χ1n) is 4.61. The Balaban J connectivity index is 2.53. The van der Waals surface area contributed by atoms with E-state index in [0.29, 0.717) is 11.2 Å². The van der Waals surface area contributed by atoms with Crippen molar-refractivity contribution in [2.45, 2.75) is 32.7 Å². The van der Waals surface area contributed by atoms with Gasteiger partial charge in [0.25, 0.3) is 0 Å². The molecule has 72 valence electrons. The Morgan fingerprint density at radius 1 is 1.54 bits per heavy atom. The van der Waals surface area contributed by atoms with Gasteiger partial charge in [0.05, 0.1) is 0 Å². The van der Waals surface area contributed by atoms with Crippen molar-refractivity contribution < 1.29 is 0 Å². The van der Waals surface area contributed by atoms with E-state index in [2.05, 4.69) is 24.1 Å². The molecule has 1 heterocycles. The molecule has 0 amide bonds. The summed E-state index contributed by atoms with van der Waals surface area (Å²) in [4.78, 5) is 4.15. The first kappa shape index (κ1) is 10.3. The summed E-state index contributed by atoms with van der Waals surface area (Å²) in [7, 11) is 0. The van der Waals surface area contributed by atoms with Crippen LogP contribution < -0.4 is 5.32 Å². The number of rotatable bonds is 4. The number of anilines is 1. The van der Waals surface area contributed by atoms with E-state index in [1.54, 1.807) is 6.07 Å². The van der Waals surface area contributed by atoms with Crippen LogP contribution in [0.4, 0.5) is 5.82 Å². The number of nitrogens with one attached hydrogen (secondary N) is 1. The largest absolute Gasteiger partial charge is 0.368 e. The second-order valence-electron chi connectivity index (χ2n) is 3.18. The highest BCUT2D eigenvalue weighted by Gasteiger charge is 2.00. The number of nitrogens with zero attached hydrogens (tertiary/aromatic N) is 1. The zero-order chi connectivity index (χ0) is 9.68. The minimum atomic E-state index is 0.455. The van der Waals surface area contributed by atoms with Gasteiger partial charge in [-0.15, -0.1) is 0 Å². The topological polar surface area (TPSA) is 24.9 Å². The van der Waals surface area contributed by atoms with Crippen LogP contribution in [0.1, 0.15) is 26.7 Å². The lowest BCUT2D eigenvalue weighted by Crippen LogP contribution is -2.15. The number of pyridine rings is 1. The molecule has 0 bridgehead atoms. The fourth-order valence-electron chi connectivity index (χ4n) is 1.25. The van der Waals surface area contributed by atoms with E-state index in [1.165, 1.54) is 6.42 Å². The summed E-state index contributed by atoms with van der Waals surface area (Å²) in [5.74, 6) is 0.855. The van der Waals surface area contributed by atoms with Gasteiger partial charge in [0.1, 0.15) is 11.0 Å². The van der Waals surface area contributed by atoms with Gasteiger partial charge in [-0.1, -0.05) is 31.0 Å². The first-order valence-corrected chi connectivity index (χ1v) is 4.99. The van der Waals surface area contributed by atoms with Gasteiger partial charge in [0.2, 0.25) is 0 Å². The molecule has 1 unspecified atom stereocenters. The van der Waals surface area contributed by atoms with Crippen molar-refractivity contribution >= 4 is 17.4 Å². The Kier molecular flexibility index (Phi) is 4.03. The molecule has 1 N–H and O–H groups in total. The van der Waals surface area contributed by atoms with E-state index in [0.717, 1.165) is 12.2 Å². The fraction of sp³-hybridized carbons (Fsp3) is 0.500. The summed E-state index contributed by atoms with van der Waals surface area (Å²) in [5, 5.41) is 3.82. The van der Waals surface area contributed by atoms with Crippen LogP contribution in [-0.4, -0.2) is 11.0 Å². The average molecular weight is 199 g/mol. The predicted octanol–water partition coefficient (Wildman–Crippen LogP) is 3.34. The van der Waals surface area contributed by atoms with Gasteiger partial charge in [0, 0.05) is 6.04 Å². The van der Waals surface area contributed by atoms with Crippen molar-refractivity contribution in [3.05, 3.63) is 23.4 Å². The monoisotopic (exact) mass is 198 g/mol. The Labute approximate surface area is 84.3 Å². The molecule has 1 rings (SSSR count). The second kappa shape index (κ2) is 5.07. The van der Waals surface area contributed by atoms with Crippen molar-refractivity contribution in [1.29, 1.82) is 0 Å². The highest BCUT2D eigenvalue weighted by molar-refractivity contribution is 6.29. The molecule has 0 saturated heterocycles. The lowest BCUT2D eigenvalue weighted by atomic mass is 10.2. The van der Waals surface area contributed by atoms with Gasteiger partial charge in [-0.25, -0.2) is 4.98 Å². The fourth-order valence-corrected chi connectivity index (χ4v) is 1.41. The molecule has 0 fully saturated rings. The third-order valence-corrected chi connectivity index (χ3v) is 2.04. The van der Waals surface area contributed by atoms with E-state index in [-0.39, 0.29) is 0 Å². The predicted molar refractivity (Wildman–Crippen MR) is 57.2 cm³/mol. The lowest BCUT2D eigenvalue weighted by Gasteiger charge is -2.12. The molecule has 1 aromatic heterocycles. The average Bonchev–Trinajstić information content (AvgIpc) is 2.04. The summed E-state index contributed by atoms with van der Waals surface area (Å²) >= 11 is 5.75. The third-order valence-electron chi connectivity index (χ3n) is 1.83. The van der Waals surface area contributed by atoms with Crippen molar-refractivity contribution in [1.82, 2.24) is 4.98 Å². The standard InChI is InChI=1S/C10H15ClN2/c1-3-5-8(2)12-10-7-4-6-9(11)13-10/h4,6-8H,3,5H2,1-2H3,(H,12,13). The van der Waals surface area contributed by atoms with Crippen LogP contribution in [0, 0.1) is 0 Å². The number of halogens is 1. The molecular weight excluding hydrogens is 184 g/mol. The quantitative estimate of drug-likeness (QED) is 0.751. The zero-order valence-corrected chi connectivity index (χ0v) is 8.80. The molecule has 3 heteroatoms. The van der Waals surface area contributed by atoms with Gasteiger partial charge >= 0.3 is 0 Å². The molecule has 0 radical (unpaired) electrons. The van der Waals surface area contributed by atoms with Gasteiger partial charge in [-0.05, 0) is 25.5 Å². The molecule has 13 heavy (non-hydrogen) atoms. The van der Waals surface area contributed by atoms with Crippen molar-refractivity contribution in [2.24, 2.45) is 0 Å². The van der Waals surface area contributed by atoms with Crippen LogP contribution in [-0.2, 0) is 0 Å². The van der Waals surface area contributed by atoms with E-state index >= 15 is 0 Å². The van der Waals surface area contributed by atoms with Gasteiger partial charge in [-0.3, -0.25) is 0 Å². The Bertz CT molecular complexity index is 263. The summed E-state index contributed by atoms with van der Waals surface area (Å²) < 4.78 is 0. The van der Waals surface area contributed by atoms with Crippen molar-refractivity contribution in [3.63, 3.8) is 0 Å². The molecular formula is C10H15ClN2. The van der Waals surface area contributed by atoms with Crippen LogP contribution in [0.3, 0.4) is 0 Å². The minimum absolute atomic E-state index is 0.455. The molecule has 0 saturated carbocycles. The van der Waals surface area contributed by atoms with Crippen LogP contribution in [0.2, 0.25) is 5.15 Å².